The number of piperazine rings is 1. The zero-order valence-electron chi connectivity index (χ0n) is 21.6. The molecule has 8 nitrogen and oxygen atoms in total. The Morgan fingerprint density at radius 3 is 2.11 bits per heavy atom. The van der Waals surface area contributed by atoms with Crippen molar-refractivity contribution in [1.29, 1.82) is 0 Å². The largest absolute Gasteiger partial charge is 0.379 e. The molecule has 4 rings (SSSR count). The number of amides is 2. The lowest BCUT2D eigenvalue weighted by molar-refractivity contribution is -0.135. The number of hydrogen-bond acceptors (Lipinski definition) is 6. The number of carbonyl (C=O) groups excluding carboxylic acids is 2. The van der Waals surface area contributed by atoms with Crippen LogP contribution in [0, 0.1) is 11.8 Å². The average molecular weight is 486 g/mol. The molecule has 3 aliphatic rings. The zero-order chi connectivity index (χ0) is 24.6. The van der Waals surface area contributed by atoms with Crippen LogP contribution in [0.25, 0.3) is 0 Å². The van der Waals surface area contributed by atoms with Gasteiger partial charge < -0.3 is 15.0 Å². The molecule has 0 aromatic heterocycles. The maximum atomic E-state index is 12.8. The fourth-order valence-electron chi connectivity index (χ4n) is 5.60. The molecule has 2 atom stereocenters. The molecule has 2 unspecified atom stereocenters. The number of nitrogens with zero attached hydrogens (tertiary/aromatic N) is 4. The first-order valence-electron chi connectivity index (χ1n) is 13.3. The Labute approximate surface area is 210 Å². The molecule has 0 bridgehead atoms. The molecule has 1 aromatic rings. The molecule has 1 N–H and O–H groups in total. The molecule has 3 fully saturated rings. The van der Waals surface area contributed by atoms with E-state index in [2.05, 4.69) is 57.0 Å². The van der Waals surface area contributed by atoms with Crippen LogP contribution in [0.3, 0.4) is 0 Å². The third kappa shape index (κ3) is 8.00. The van der Waals surface area contributed by atoms with E-state index in [4.69, 9.17) is 4.74 Å². The molecular formula is C27H43N5O3. The molecule has 194 valence electrons. The van der Waals surface area contributed by atoms with Gasteiger partial charge in [0.1, 0.15) is 0 Å². The number of hydrogen-bond donors (Lipinski definition) is 1. The quantitative estimate of drug-likeness (QED) is 0.598. The standard InChI is InChI=1S/C27H43N5O3/c1-22-15-23(2)18-32(17-22)27(34)21-30-9-7-29(8-10-30)20-26(33)28-16-24-5-3-4-6-25(24)19-31-11-13-35-14-12-31/h3-6,22-23H,7-21H2,1-2H3,(H,28,33). The fraction of sp³-hybridized carbons (Fsp3) is 0.704. The molecule has 0 saturated carbocycles. The topological polar surface area (TPSA) is 68.4 Å². The molecule has 35 heavy (non-hydrogen) atoms. The Balaban J connectivity index is 1.16. The minimum Gasteiger partial charge on any atom is -0.379 e. The second-order valence-electron chi connectivity index (χ2n) is 10.7. The summed E-state index contributed by atoms with van der Waals surface area (Å²) in [6.07, 6.45) is 1.21. The van der Waals surface area contributed by atoms with Crippen molar-refractivity contribution in [2.45, 2.75) is 33.4 Å². The molecule has 1 aromatic carbocycles. The van der Waals surface area contributed by atoms with Gasteiger partial charge in [-0.15, -0.1) is 0 Å². The maximum Gasteiger partial charge on any atom is 0.236 e. The molecule has 2 amide bonds. The van der Waals surface area contributed by atoms with Gasteiger partial charge >= 0.3 is 0 Å². The second-order valence-corrected chi connectivity index (χ2v) is 10.7. The number of piperidine rings is 1. The summed E-state index contributed by atoms with van der Waals surface area (Å²) in [4.78, 5) is 34.3. The van der Waals surface area contributed by atoms with Crippen molar-refractivity contribution < 1.29 is 14.3 Å². The van der Waals surface area contributed by atoms with Crippen LogP contribution in [-0.2, 0) is 27.4 Å². The lowest BCUT2D eigenvalue weighted by Gasteiger charge is -2.38. The SMILES string of the molecule is CC1CC(C)CN(C(=O)CN2CCN(CC(=O)NCc3ccccc3CN3CCOCC3)CC2)C1. The summed E-state index contributed by atoms with van der Waals surface area (Å²) in [7, 11) is 0. The Hall–Kier alpha value is -2.00. The molecular weight excluding hydrogens is 442 g/mol. The first-order valence-corrected chi connectivity index (χ1v) is 13.3. The normalized spacial score (nSPS) is 24.9. The van der Waals surface area contributed by atoms with E-state index in [1.54, 1.807) is 0 Å². The summed E-state index contributed by atoms with van der Waals surface area (Å²) in [5.74, 6) is 1.49. The second kappa shape index (κ2) is 12.8. The summed E-state index contributed by atoms with van der Waals surface area (Å²) < 4.78 is 5.45. The van der Waals surface area contributed by atoms with Gasteiger partial charge in [0.2, 0.25) is 11.8 Å². The number of rotatable bonds is 8. The van der Waals surface area contributed by atoms with Gasteiger partial charge in [-0.2, -0.15) is 0 Å². The van der Waals surface area contributed by atoms with Crippen LogP contribution in [0.15, 0.2) is 24.3 Å². The molecule has 8 heteroatoms. The van der Waals surface area contributed by atoms with Gasteiger partial charge in [0.15, 0.2) is 0 Å². The fourth-order valence-corrected chi connectivity index (χ4v) is 5.60. The third-order valence-electron chi connectivity index (χ3n) is 7.50. The molecule has 0 aliphatic carbocycles. The summed E-state index contributed by atoms with van der Waals surface area (Å²) in [6.45, 7) is 15.4. The smallest absolute Gasteiger partial charge is 0.236 e. The van der Waals surface area contributed by atoms with E-state index in [9.17, 15) is 9.59 Å². The number of benzene rings is 1. The highest BCUT2D eigenvalue weighted by Gasteiger charge is 2.27. The van der Waals surface area contributed by atoms with Crippen LogP contribution in [0.5, 0.6) is 0 Å². The number of carbonyl (C=O) groups is 2. The highest BCUT2D eigenvalue weighted by molar-refractivity contribution is 5.79. The zero-order valence-corrected chi connectivity index (χ0v) is 21.6. The summed E-state index contributed by atoms with van der Waals surface area (Å²) in [5.41, 5.74) is 2.45. The van der Waals surface area contributed by atoms with Gasteiger partial charge in [-0.25, -0.2) is 0 Å². The first kappa shape index (κ1) is 26.1. The highest BCUT2D eigenvalue weighted by atomic mass is 16.5. The lowest BCUT2D eigenvalue weighted by Crippen LogP contribution is -2.53. The van der Waals surface area contributed by atoms with E-state index in [0.717, 1.165) is 72.1 Å². The third-order valence-corrected chi connectivity index (χ3v) is 7.50. The predicted octanol–water partition coefficient (Wildman–Crippen LogP) is 1.26. The summed E-state index contributed by atoms with van der Waals surface area (Å²) >= 11 is 0. The Morgan fingerprint density at radius 2 is 1.46 bits per heavy atom. The van der Waals surface area contributed by atoms with E-state index in [0.29, 0.717) is 31.5 Å². The van der Waals surface area contributed by atoms with Gasteiger partial charge in [-0.1, -0.05) is 38.1 Å². The summed E-state index contributed by atoms with van der Waals surface area (Å²) in [6, 6.07) is 8.37. The van der Waals surface area contributed by atoms with Crippen LogP contribution in [0.2, 0.25) is 0 Å². The van der Waals surface area contributed by atoms with Crippen molar-refractivity contribution >= 4 is 11.8 Å². The Kier molecular flexibility index (Phi) is 9.54. The summed E-state index contributed by atoms with van der Waals surface area (Å²) in [5, 5.41) is 3.12. The molecule has 0 spiro atoms. The van der Waals surface area contributed by atoms with Gasteiger partial charge in [-0.3, -0.25) is 24.3 Å². The van der Waals surface area contributed by atoms with E-state index >= 15 is 0 Å². The van der Waals surface area contributed by atoms with E-state index < -0.39 is 0 Å². The minimum atomic E-state index is 0.0620. The van der Waals surface area contributed by atoms with E-state index in [1.807, 2.05) is 6.07 Å². The van der Waals surface area contributed by atoms with Crippen LogP contribution in [0.1, 0.15) is 31.4 Å². The van der Waals surface area contributed by atoms with Gasteiger partial charge in [0, 0.05) is 65.4 Å². The number of ether oxygens (including phenoxy) is 1. The monoisotopic (exact) mass is 485 g/mol. The molecule has 3 heterocycles. The Bertz CT molecular complexity index is 826. The van der Waals surface area contributed by atoms with Crippen LogP contribution in [0.4, 0.5) is 0 Å². The molecule has 3 aliphatic heterocycles. The number of likely N-dealkylation sites (tertiary alicyclic amines) is 1. The van der Waals surface area contributed by atoms with Crippen molar-refractivity contribution in [2.24, 2.45) is 11.8 Å². The van der Waals surface area contributed by atoms with Gasteiger partial charge in [-0.05, 0) is 29.4 Å². The van der Waals surface area contributed by atoms with Crippen molar-refractivity contribution in [1.82, 2.24) is 24.9 Å². The van der Waals surface area contributed by atoms with Crippen LogP contribution >= 0.6 is 0 Å². The van der Waals surface area contributed by atoms with Gasteiger partial charge in [0.25, 0.3) is 0 Å². The predicted molar refractivity (Wildman–Crippen MR) is 137 cm³/mol. The van der Waals surface area contributed by atoms with Gasteiger partial charge in [0.05, 0.1) is 26.3 Å². The van der Waals surface area contributed by atoms with Crippen molar-refractivity contribution in [3.05, 3.63) is 35.4 Å². The van der Waals surface area contributed by atoms with Crippen molar-refractivity contribution in [3.63, 3.8) is 0 Å². The maximum absolute atomic E-state index is 12.8. The lowest BCUT2D eigenvalue weighted by atomic mass is 9.92. The van der Waals surface area contributed by atoms with E-state index in [1.165, 1.54) is 17.5 Å². The van der Waals surface area contributed by atoms with Crippen molar-refractivity contribution in [2.75, 3.05) is 78.7 Å². The molecule has 0 radical (unpaired) electrons. The first-order chi connectivity index (χ1) is 17.0. The van der Waals surface area contributed by atoms with Crippen LogP contribution < -0.4 is 5.32 Å². The average Bonchev–Trinajstić information content (AvgIpc) is 2.85. The molecule has 3 saturated heterocycles. The number of morpholine rings is 1. The van der Waals surface area contributed by atoms with Crippen LogP contribution in [-0.4, -0.2) is 110 Å². The minimum absolute atomic E-state index is 0.0620. The van der Waals surface area contributed by atoms with E-state index in [-0.39, 0.29) is 11.8 Å². The van der Waals surface area contributed by atoms with Crippen molar-refractivity contribution in [3.8, 4) is 0 Å². The highest BCUT2D eigenvalue weighted by Crippen LogP contribution is 2.21. The number of nitrogens with one attached hydrogen (secondary N) is 1. The Morgan fingerprint density at radius 1 is 0.857 bits per heavy atom.